The number of carbonyl (C=O) groups excluding carboxylic acids is 1. The van der Waals surface area contributed by atoms with Crippen molar-refractivity contribution in [2.24, 2.45) is 5.92 Å². The zero-order valence-electron chi connectivity index (χ0n) is 13.1. The van der Waals surface area contributed by atoms with Gasteiger partial charge < -0.3 is 4.90 Å². The molecular formula is C18H23N3O. The Morgan fingerprint density at radius 1 is 1.23 bits per heavy atom. The molecule has 1 fully saturated rings. The number of hydrogen-bond acceptors (Lipinski definition) is 2. The minimum atomic E-state index is 0.277. The summed E-state index contributed by atoms with van der Waals surface area (Å²) in [6.45, 7) is 4.10. The molecule has 1 saturated heterocycles. The summed E-state index contributed by atoms with van der Waals surface area (Å²) < 4.78 is 1.86. The Bertz CT molecular complexity index is 612. The van der Waals surface area contributed by atoms with Gasteiger partial charge in [0.1, 0.15) is 0 Å². The molecule has 1 amide bonds. The first-order chi connectivity index (χ1) is 10.7. The largest absolute Gasteiger partial charge is 0.343 e. The van der Waals surface area contributed by atoms with Gasteiger partial charge in [-0.3, -0.25) is 4.79 Å². The lowest BCUT2D eigenvalue weighted by molar-refractivity contribution is -0.132. The molecule has 0 N–H and O–H groups in total. The highest BCUT2D eigenvalue weighted by molar-refractivity contribution is 5.76. The third-order valence-corrected chi connectivity index (χ3v) is 4.42. The van der Waals surface area contributed by atoms with Crippen molar-refractivity contribution < 1.29 is 4.79 Å². The Labute approximate surface area is 131 Å². The summed E-state index contributed by atoms with van der Waals surface area (Å²) in [4.78, 5) is 14.3. The smallest absolute Gasteiger partial charge is 0.222 e. The molecule has 0 unspecified atom stereocenters. The quantitative estimate of drug-likeness (QED) is 0.870. The van der Waals surface area contributed by atoms with Crippen LogP contribution >= 0.6 is 0 Å². The molecule has 0 spiro atoms. The predicted octanol–water partition coefficient (Wildman–Crippen LogP) is 3.06. The van der Waals surface area contributed by atoms with Crippen LogP contribution in [0.3, 0.4) is 0 Å². The molecule has 2 heterocycles. The molecule has 0 saturated carbocycles. The molecule has 1 aromatic carbocycles. The molecule has 4 heteroatoms. The Hall–Kier alpha value is -2.10. The van der Waals surface area contributed by atoms with Crippen molar-refractivity contribution in [3.63, 3.8) is 0 Å². The van der Waals surface area contributed by atoms with Crippen LogP contribution < -0.4 is 0 Å². The maximum absolute atomic E-state index is 12.3. The highest BCUT2D eigenvalue weighted by atomic mass is 16.2. The monoisotopic (exact) mass is 297 g/mol. The average Bonchev–Trinajstić information content (AvgIpc) is 3.03. The van der Waals surface area contributed by atoms with Gasteiger partial charge in [0.2, 0.25) is 5.91 Å². The van der Waals surface area contributed by atoms with Crippen molar-refractivity contribution in [2.75, 3.05) is 13.1 Å². The van der Waals surface area contributed by atoms with E-state index in [0.29, 0.717) is 6.42 Å². The normalized spacial score (nSPS) is 16.0. The van der Waals surface area contributed by atoms with Crippen LogP contribution in [-0.2, 0) is 11.2 Å². The summed E-state index contributed by atoms with van der Waals surface area (Å²) in [6.07, 6.45) is 7.49. The van der Waals surface area contributed by atoms with Gasteiger partial charge in [-0.15, -0.1) is 0 Å². The van der Waals surface area contributed by atoms with E-state index in [4.69, 9.17) is 0 Å². The minimum Gasteiger partial charge on any atom is -0.343 e. The first-order valence-electron chi connectivity index (χ1n) is 8.09. The molecule has 116 valence electrons. The van der Waals surface area contributed by atoms with Gasteiger partial charge in [-0.05, 0) is 42.9 Å². The first-order valence-corrected chi connectivity index (χ1v) is 8.09. The number of aryl methyl sites for hydroxylation is 1. The van der Waals surface area contributed by atoms with Crippen LogP contribution in [-0.4, -0.2) is 33.7 Å². The third-order valence-electron chi connectivity index (χ3n) is 4.42. The summed E-state index contributed by atoms with van der Waals surface area (Å²) in [6, 6.07) is 10.0. The number of para-hydroxylation sites is 1. The van der Waals surface area contributed by atoms with Crippen molar-refractivity contribution in [3.8, 4) is 5.69 Å². The second-order valence-corrected chi connectivity index (χ2v) is 6.19. The van der Waals surface area contributed by atoms with Crippen LogP contribution in [0, 0.1) is 5.92 Å². The second kappa shape index (κ2) is 6.77. The number of hydrogen-bond donors (Lipinski definition) is 0. The van der Waals surface area contributed by atoms with Crippen LogP contribution in [0.15, 0.2) is 42.7 Å². The predicted molar refractivity (Wildman–Crippen MR) is 86.9 cm³/mol. The summed E-state index contributed by atoms with van der Waals surface area (Å²) >= 11 is 0. The maximum Gasteiger partial charge on any atom is 0.222 e. The summed E-state index contributed by atoms with van der Waals surface area (Å²) in [7, 11) is 0. The fraction of sp³-hybridized carbons (Fsp3) is 0.444. The van der Waals surface area contributed by atoms with E-state index in [1.54, 1.807) is 0 Å². The lowest BCUT2D eigenvalue weighted by atomic mass is 9.99. The highest BCUT2D eigenvalue weighted by Crippen LogP contribution is 2.17. The number of aromatic nitrogens is 2. The van der Waals surface area contributed by atoms with E-state index < -0.39 is 0 Å². The molecule has 0 radical (unpaired) electrons. The van der Waals surface area contributed by atoms with Gasteiger partial charge in [-0.25, -0.2) is 4.68 Å². The molecule has 22 heavy (non-hydrogen) atoms. The van der Waals surface area contributed by atoms with Gasteiger partial charge in [-0.1, -0.05) is 25.1 Å². The third kappa shape index (κ3) is 3.56. The number of carbonyl (C=O) groups is 1. The van der Waals surface area contributed by atoms with Gasteiger partial charge >= 0.3 is 0 Å². The maximum atomic E-state index is 12.3. The Morgan fingerprint density at radius 2 is 1.95 bits per heavy atom. The molecule has 0 atom stereocenters. The number of amides is 1. The Morgan fingerprint density at radius 3 is 2.68 bits per heavy atom. The van der Waals surface area contributed by atoms with Crippen molar-refractivity contribution in [1.82, 2.24) is 14.7 Å². The SMILES string of the molecule is CC1CCN(C(=O)CCc2cnn(-c3ccccc3)c2)CC1. The highest BCUT2D eigenvalue weighted by Gasteiger charge is 2.19. The van der Waals surface area contributed by atoms with E-state index >= 15 is 0 Å². The number of rotatable bonds is 4. The zero-order valence-corrected chi connectivity index (χ0v) is 13.1. The average molecular weight is 297 g/mol. The number of likely N-dealkylation sites (tertiary alicyclic amines) is 1. The fourth-order valence-electron chi connectivity index (χ4n) is 2.88. The topological polar surface area (TPSA) is 38.1 Å². The molecule has 4 nitrogen and oxygen atoms in total. The van der Waals surface area contributed by atoms with Crippen LogP contribution in [0.25, 0.3) is 5.69 Å². The second-order valence-electron chi connectivity index (χ2n) is 6.19. The lowest BCUT2D eigenvalue weighted by Gasteiger charge is -2.30. The Kier molecular flexibility index (Phi) is 4.56. The molecule has 1 aromatic heterocycles. The lowest BCUT2D eigenvalue weighted by Crippen LogP contribution is -2.37. The van der Waals surface area contributed by atoms with Gasteiger partial charge in [0.15, 0.2) is 0 Å². The van der Waals surface area contributed by atoms with Crippen LogP contribution in [0.4, 0.5) is 0 Å². The fourth-order valence-corrected chi connectivity index (χ4v) is 2.88. The number of benzene rings is 1. The summed E-state index contributed by atoms with van der Waals surface area (Å²) in [5.41, 5.74) is 2.16. The minimum absolute atomic E-state index is 0.277. The van der Waals surface area contributed by atoms with Crippen molar-refractivity contribution >= 4 is 5.91 Å². The van der Waals surface area contributed by atoms with Gasteiger partial charge in [0.05, 0.1) is 11.9 Å². The van der Waals surface area contributed by atoms with Gasteiger partial charge in [-0.2, -0.15) is 5.10 Å². The van der Waals surface area contributed by atoms with E-state index in [1.807, 2.05) is 52.3 Å². The van der Waals surface area contributed by atoms with Crippen molar-refractivity contribution in [1.29, 1.82) is 0 Å². The van der Waals surface area contributed by atoms with Crippen LogP contribution in [0.1, 0.15) is 31.7 Å². The Balaban J connectivity index is 1.54. The van der Waals surface area contributed by atoms with E-state index in [2.05, 4.69) is 12.0 Å². The number of nitrogens with zero attached hydrogens (tertiary/aromatic N) is 3. The number of piperidine rings is 1. The summed E-state index contributed by atoms with van der Waals surface area (Å²) in [5.74, 6) is 1.03. The van der Waals surface area contributed by atoms with Gasteiger partial charge in [0, 0.05) is 25.7 Å². The first kappa shape index (κ1) is 14.8. The molecule has 3 rings (SSSR count). The van der Waals surface area contributed by atoms with E-state index in [-0.39, 0.29) is 5.91 Å². The standard InChI is InChI=1S/C18H23N3O/c1-15-9-11-20(12-10-15)18(22)8-7-16-13-19-21(14-16)17-5-3-2-4-6-17/h2-6,13-15H,7-12H2,1H3. The zero-order chi connectivity index (χ0) is 15.4. The molecule has 1 aliphatic heterocycles. The summed E-state index contributed by atoms with van der Waals surface area (Å²) in [5, 5.41) is 4.38. The molecule has 1 aliphatic rings. The van der Waals surface area contributed by atoms with Crippen molar-refractivity contribution in [2.45, 2.75) is 32.6 Å². The molecular weight excluding hydrogens is 274 g/mol. The van der Waals surface area contributed by atoms with E-state index in [9.17, 15) is 4.79 Å². The van der Waals surface area contributed by atoms with E-state index in [0.717, 1.165) is 49.5 Å². The van der Waals surface area contributed by atoms with E-state index in [1.165, 1.54) is 0 Å². The molecule has 2 aromatic rings. The molecule has 0 aliphatic carbocycles. The molecule has 0 bridgehead atoms. The van der Waals surface area contributed by atoms with Gasteiger partial charge in [0.25, 0.3) is 0 Å². The van der Waals surface area contributed by atoms with Crippen molar-refractivity contribution in [3.05, 3.63) is 48.3 Å². The van der Waals surface area contributed by atoms with Crippen LogP contribution in [0.2, 0.25) is 0 Å². The van der Waals surface area contributed by atoms with Crippen LogP contribution in [0.5, 0.6) is 0 Å².